The van der Waals surface area contributed by atoms with Crippen molar-refractivity contribution in [1.29, 1.82) is 0 Å². The Kier molecular flexibility index (Phi) is 4.33. The molecule has 0 unspecified atom stereocenters. The molecule has 1 aromatic rings. The summed E-state index contributed by atoms with van der Waals surface area (Å²) < 4.78 is 30.5. The number of carbonyl (C=O) groups is 1. The molecule has 1 fully saturated rings. The number of hydrogen-bond acceptors (Lipinski definition) is 4. The third kappa shape index (κ3) is 3.35. The van der Waals surface area contributed by atoms with Gasteiger partial charge in [0.2, 0.25) is 10.0 Å². The Morgan fingerprint density at radius 2 is 2.22 bits per heavy atom. The number of sulfonamides is 1. The molecule has 2 atom stereocenters. The van der Waals surface area contributed by atoms with Crippen molar-refractivity contribution in [1.82, 2.24) is 5.32 Å². The highest BCUT2D eigenvalue weighted by Crippen LogP contribution is 2.30. The zero-order valence-electron chi connectivity index (χ0n) is 13.4. The van der Waals surface area contributed by atoms with E-state index in [0.29, 0.717) is 24.2 Å². The van der Waals surface area contributed by atoms with Gasteiger partial charge in [0.1, 0.15) is 0 Å². The van der Waals surface area contributed by atoms with Crippen LogP contribution in [0.1, 0.15) is 35.7 Å². The number of nitrogens with one attached hydrogen (secondary N) is 1. The number of anilines is 1. The van der Waals surface area contributed by atoms with Crippen LogP contribution in [0.2, 0.25) is 0 Å². The number of ether oxygens (including phenoxy) is 1. The van der Waals surface area contributed by atoms with Gasteiger partial charge < -0.3 is 10.1 Å². The molecule has 2 aliphatic heterocycles. The first-order valence-corrected chi connectivity index (χ1v) is 9.74. The second-order valence-electron chi connectivity index (χ2n) is 6.24. The highest BCUT2D eigenvalue weighted by molar-refractivity contribution is 7.92. The predicted molar refractivity (Wildman–Crippen MR) is 88.2 cm³/mol. The van der Waals surface area contributed by atoms with Crippen LogP contribution in [0, 0.1) is 0 Å². The van der Waals surface area contributed by atoms with E-state index < -0.39 is 10.0 Å². The molecule has 3 rings (SSSR count). The lowest BCUT2D eigenvalue weighted by molar-refractivity contribution is 0.0712. The average Bonchev–Trinajstić information content (AvgIpc) is 3.15. The van der Waals surface area contributed by atoms with E-state index in [0.717, 1.165) is 25.0 Å². The van der Waals surface area contributed by atoms with Gasteiger partial charge >= 0.3 is 0 Å². The minimum Gasteiger partial charge on any atom is -0.376 e. The largest absolute Gasteiger partial charge is 0.376 e. The van der Waals surface area contributed by atoms with Gasteiger partial charge in [0, 0.05) is 18.7 Å². The Balaban J connectivity index is 1.73. The summed E-state index contributed by atoms with van der Waals surface area (Å²) in [6.07, 6.45) is 3.91. The van der Waals surface area contributed by atoms with Crippen molar-refractivity contribution >= 4 is 21.6 Å². The molecule has 2 heterocycles. The highest BCUT2D eigenvalue weighted by atomic mass is 32.2. The van der Waals surface area contributed by atoms with Gasteiger partial charge in [-0.15, -0.1) is 0 Å². The first-order chi connectivity index (χ1) is 10.9. The van der Waals surface area contributed by atoms with Crippen LogP contribution in [-0.2, 0) is 21.2 Å². The number of amides is 1. The lowest BCUT2D eigenvalue weighted by atomic mass is 10.1. The number of nitrogens with zero attached hydrogens (tertiary/aromatic N) is 1. The molecule has 1 saturated heterocycles. The van der Waals surface area contributed by atoms with E-state index in [1.165, 1.54) is 10.6 Å². The van der Waals surface area contributed by atoms with E-state index in [9.17, 15) is 13.2 Å². The van der Waals surface area contributed by atoms with E-state index in [1.807, 2.05) is 6.92 Å². The molecule has 0 aliphatic carbocycles. The van der Waals surface area contributed by atoms with Crippen molar-refractivity contribution < 1.29 is 17.9 Å². The second kappa shape index (κ2) is 6.13. The molecule has 2 aliphatic rings. The number of carbonyl (C=O) groups excluding carboxylic acids is 1. The van der Waals surface area contributed by atoms with E-state index in [-0.39, 0.29) is 18.1 Å². The third-order valence-electron chi connectivity index (χ3n) is 4.48. The van der Waals surface area contributed by atoms with Crippen LogP contribution in [0.5, 0.6) is 0 Å². The molecule has 0 saturated carbocycles. The Hall–Kier alpha value is -1.60. The lowest BCUT2D eigenvalue weighted by Gasteiger charge is -2.20. The maximum absolute atomic E-state index is 12.4. The molecule has 0 spiro atoms. The number of rotatable bonds is 4. The van der Waals surface area contributed by atoms with Crippen molar-refractivity contribution in [3.8, 4) is 0 Å². The Morgan fingerprint density at radius 1 is 1.43 bits per heavy atom. The minimum absolute atomic E-state index is 0.0363. The smallest absolute Gasteiger partial charge is 0.251 e. The fourth-order valence-electron chi connectivity index (χ4n) is 3.24. The minimum atomic E-state index is -3.26. The zero-order chi connectivity index (χ0) is 16.6. The maximum atomic E-state index is 12.4. The van der Waals surface area contributed by atoms with Crippen LogP contribution in [0.4, 0.5) is 5.69 Å². The van der Waals surface area contributed by atoms with Crippen LogP contribution in [0.15, 0.2) is 18.2 Å². The molecule has 0 aromatic heterocycles. The molecular formula is C16H22N2O4S. The Labute approximate surface area is 136 Å². The quantitative estimate of drug-likeness (QED) is 0.898. The molecule has 23 heavy (non-hydrogen) atoms. The average molecular weight is 338 g/mol. The topological polar surface area (TPSA) is 75.7 Å². The summed E-state index contributed by atoms with van der Waals surface area (Å²) >= 11 is 0. The molecule has 7 heteroatoms. The van der Waals surface area contributed by atoms with Gasteiger partial charge in [0.15, 0.2) is 0 Å². The fraction of sp³-hybridized carbons (Fsp3) is 0.562. The fourth-order valence-corrected chi connectivity index (χ4v) is 4.20. The number of benzene rings is 1. The molecule has 0 radical (unpaired) electrons. The normalized spacial score (nSPS) is 22.0. The molecule has 126 valence electrons. The van der Waals surface area contributed by atoms with Gasteiger partial charge in [0.25, 0.3) is 5.91 Å². The molecule has 6 nitrogen and oxygen atoms in total. The van der Waals surface area contributed by atoms with E-state index in [1.54, 1.807) is 18.2 Å². The predicted octanol–water partition coefficient (Wildman–Crippen LogP) is 1.31. The zero-order valence-corrected chi connectivity index (χ0v) is 14.2. The first kappa shape index (κ1) is 16.3. The standard InChI is InChI=1S/C16H22N2O4S/c1-11(15-4-3-9-22-15)17-16(19)13-5-6-14-12(10-13)7-8-18(14)23(2,20)21/h5-6,10-11,15H,3-4,7-9H2,1-2H3,(H,17,19)/t11-,15+/m0/s1. The van der Waals surface area contributed by atoms with E-state index >= 15 is 0 Å². The van der Waals surface area contributed by atoms with Crippen LogP contribution >= 0.6 is 0 Å². The summed E-state index contributed by atoms with van der Waals surface area (Å²) in [6.45, 7) is 3.14. The van der Waals surface area contributed by atoms with Crippen molar-refractivity contribution in [2.75, 3.05) is 23.7 Å². The van der Waals surface area contributed by atoms with Gasteiger partial charge in [-0.1, -0.05) is 0 Å². The van der Waals surface area contributed by atoms with Gasteiger partial charge in [-0.2, -0.15) is 0 Å². The van der Waals surface area contributed by atoms with Crippen LogP contribution in [0.3, 0.4) is 0 Å². The Morgan fingerprint density at radius 3 is 2.87 bits per heavy atom. The van der Waals surface area contributed by atoms with Gasteiger partial charge in [0.05, 0.1) is 24.1 Å². The number of hydrogen-bond donors (Lipinski definition) is 1. The third-order valence-corrected chi connectivity index (χ3v) is 5.66. The summed E-state index contributed by atoms with van der Waals surface area (Å²) in [7, 11) is -3.26. The lowest BCUT2D eigenvalue weighted by Crippen LogP contribution is -2.40. The maximum Gasteiger partial charge on any atom is 0.251 e. The molecule has 1 amide bonds. The second-order valence-corrected chi connectivity index (χ2v) is 8.15. The molecular weight excluding hydrogens is 316 g/mol. The SMILES string of the molecule is C[C@H](NC(=O)c1ccc2c(c1)CCN2S(C)(=O)=O)[C@H]1CCCO1. The molecule has 1 N–H and O–H groups in total. The summed E-state index contributed by atoms with van der Waals surface area (Å²) in [5, 5.41) is 2.97. The Bertz CT molecular complexity index is 711. The van der Waals surface area contributed by atoms with Gasteiger partial charge in [-0.25, -0.2) is 8.42 Å². The summed E-state index contributed by atoms with van der Waals surface area (Å²) in [6, 6.07) is 5.15. The van der Waals surface area contributed by atoms with Crippen molar-refractivity contribution in [2.24, 2.45) is 0 Å². The number of fused-ring (bicyclic) bond motifs is 1. The van der Waals surface area contributed by atoms with Crippen LogP contribution in [0.25, 0.3) is 0 Å². The summed E-state index contributed by atoms with van der Waals surface area (Å²) in [4.78, 5) is 12.4. The van der Waals surface area contributed by atoms with Gasteiger partial charge in [-0.3, -0.25) is 9.10 Å². The highest BCUT2D eigenvalue weighted by Gasteiger charge is 2.28. The monoisotopic (exact) mass is 338 g/mol. The van der Waals surface area contributed by atoms with Crippen LogP contribution < -0.4 is 9.62 Å². The van der Waals surface area contributed by atoms with Crippen LogP contribution in [-0.4, -0.2) is 45.9 Å². The molecule has 0 bridgehead atoms. The summed E-state index contributed by atoms with van der Waals surface area (Å²) in [5.74, 6) is -0.145. The van der Waals surface area contributed by atoms with Crippen molar-refractivity contribution in [3.05, 3.63) is 29.3 Å². The van der Waals surface area contributed by atoms with E-state index in [2.05, 4.69) is 5.32 Å². The van der Waals surface area contributed by atoms with Crippen molar-refractivity contribution in [2.45, 2.75) is 38.3 Å². The molecule has 1 aromatic carbocycles. The first-order valence-electron chi connectivity index (χ1n) is 7.89. The van der Waals surface area contributed by atoms with Gasteiger partial charge in [-0.05, 0) is 49.9 Å². The van der Waals surface area contributed by atoms with E-state index in [4.69, 9.17) is 4.74 Å². The summed E-state index contributed by atoms with van der Waals surface area (Å²) in [5.41, 5.74) is 2.13. The van der Waals surface area contributed by atoms with Crippen molar-refractivity contribution in [3.63, 3.8) is 0 Å².